The van der Waals surface area contributed by atoms with Crippen molar-refractivity contribution in [2.45, 2.75) is 24.3 Å². The summed E-state index contributed by atoms with van der Waals surface area (Å²) < 4.78 is 39.6. The fraction of sp³-hybridized carbons (Fsp3) is 0.280. The highest BCUT2D eigenvalue weighted by Gasteiger charge is 2.36. The average molecular weight is 546 g/mol. The Kier molecular flexibility index (Phi) is 7.03. The van der Waals surface area contributed by atoms with Crippen LogP contribution in [0.15, 0.2) is 70.2 Å². The van der Waals surface area contributed by atoms with Gasteiger partial charge in [0.25, 0.3) is 0 Å². The van der Waals surface area contributed by atoms with Crippen LogP contribution in [0.5, 0.6) is 5.75 Å². The van der Waals surface area contributed by atoms with Crippen molar-refractivity contribution in [3.8, 4) is 5.75 Å². The van der Waals surface area contributed by atoms with Crippen LogP contribution in [0.3, 0.4) is 0 Å². The first-order chi connectivity index (χ1) is 17.3. The number of benzene rings is 2. The van der Waals surface area contributed by atoms with E-state index in [1.165, 1.54) is 27.8 Å². The van der Waals surface area contributed by atoms with Crippen LogP contribution in [-0.2, 0) is 21.4 Å². The van der Waals surface area contributed by atoms with E-state index >= 15 is 0 Å². The Labute approximate surface area is 218 Å². The zero-order chi connectivity index (χ0) is 25.3. The summed E-state index contributed by atoms with van der Waals surface area (Å²) in [6.07, 6.45) is 2.72. The summed E-state index contributed by atoms with van der Waals surface area (Å²) >= 11 is 7.31. The largest absolute Gasteiger partial charge is 0.497 e. The molecule has 1 atom stereocenters. The molecule has 2 aromatic carbocycles. The van der Waals surface area contributed by atoms with Crippen LogP contribution in [0.4, 0.5) is 5.13 Å². The summed E-state index contributed by atoms with van der Waals surface area (Å²) in [5, 5.41) is 0.986. The van der Waals surface area contributed by atoms with Gasteiger partial charge < -0.3 is 9.15 Å². The van der Waals surface area contributed by atoms with E-state index < -0.39 is 15.9 Å². The number of carbonyl (C=O) groups is 1. The summed E-state index contributed by atoms with van der Waals surface area (Å²) in [6, 6.07) is 15.2. The molecule has 2 aromatic heterocycles. The molecule has 4 aromatic rings. The maximum atomic E-state index is 13.9. The molecule has 36 heavy (non-hydrogen) atoms. The van der Waals surface area contributed by atoms with Gasteiger partial charge in [-0.25, -0.2) is 13.4 Å². The van der Waals surface area contributed by atoms with Crippen LogP contribution < -0.4 is 9.64 Å². The topological polar surface area (TPSA) is 92.9 Å². The van der Waals surface area contributed by atoms with Gasteiger partial charge in [0, 0.05) is 18.1 Å². The number of amides is 1. The first kappa shape index (κ1) is 24.8. The second-order valence-electron chi connectivity index (χ2n) is 8.49. The van der Waals surface area contributed by atoms with Crippen molar-refractivity contribution in [2.24, 2.45) is 5.92 Å². The van der Waals surface area contributed by atoms with Crippen LogP contribution in [0.1, 0.15) is 18.6 Å². The molecular formula is C25H24ClN3O5S2. The van der Waals surface area contributed by atoms with E-state index in [1.54, 1.807) is 42.5 Å². The number of aromatic nitrogens is 1. The number of fused-ring (bicyclic) bond motifs is 1. The first-order valence-electron chi connectivity index (χ1n) is 11.4. The highest BCUT2D eigenvalue weighted by atomic mass is 35.5. The third-order valence-electron chi connectivity index (χ3n) is 6.16. The third kappa shape index (κ3) is 4.99. The van der Waals surface area contributed by atoms with Crippen LogP contribution in [0.2, 0.25) is 5.02 Å². The number of thiazole rings is 1. The van der Waals surface area contributed by atoms with Gasteiger partial charge in [-0.3, -0.25) is 9.69 Å². The normalized spacial score (nSPS) is 16.8. The van der Waals surface area contributed by atoms with Gasteiger partial charge in [-0.05, 0) is 67.4 Å². The van der Waals surface area contributed by atoms with E-state index in [2.05, 4.69) is 0 Å². The minimum atomic E-state index is -3.76. The number of carbonyl (C=O) groups excluding carboxylic acids is 1. The predicted octanol–water partition coefficient (Wildman–Crippen LogP) is 5.19. The van der Waals surface area contributed by atoms with E-state index in [1.807, 2.05) is 18.2 Å². The summed E-state index contributed by atoms with van der Waals surface area (Å²) in [6.45, 7) is 0.647. The molecule has 0 saturated carbocycles. The van der Waals surface area contributed by atoms with Gasteiger partial charge in [0.15, 0.2) is 5.13 Å². The lowest BCUT2D eigenvalue weighted by molar-refractivity contribution is -0.123. The minimum Gasteiger partial charge on any atom is -0.497 e. The Morgan fingerprint density at radius 1 is 1.25 bits per heavy atom. The molecule has 0 aliphatic carbocycles. The van der Waals surface area contributed by atoms with Gasteiger partial charge >= 0.3 is 0 Å². The maximum Gasteiger partial charge on any atom is 0.243 e. The second kappa shape index (κ2) is 10.2. The van der Waals surface area contributed by atoms with Crippen molar-refractivity contribution in [3.05, 3.63) is 71.6 Å². The molecule has 188 valence electrons. The lowest BCUT2D eigenvalue weighted by Gasteiger charge is -2.33. The standard InChI is InChI=1S/C25H24ClN3O5S2/c1-33-19-8-11-22-23(14-19)35-25(27-22)29(16-20-5-3-13-34-20)24(30)17-4-2-12-28(15-17)36(31,32)21-9-6-18(26)7-10-21/h3,5-11,13-14,17H,2,4,12,15-16H2,1H3. The monoisotopic (exact) mass is 545 g/mol. The van der Waals surface area contributed by atoms with Crippen molar-refractivity contribution in [1.29, 1.82) is 0 Å². The fourth-order valence-corrected chi connectivity index (χ4v) is 6.92. The molecule has 1 fully saturated rings. The molecule has 0 radical (unpaired) electrons. The molecule has 0 spiro atoms. The molecule has 1 aliphatic rings. The summed E-state index contributed by atoms with van der Waals surface area (Å²) in [7, 11) is -2.16. The van der Waals surface area contributed by atoms with Gasteiger partial charge in [0.2, 0.25) is 15.9 Å². The van der Waals surface area contributed by atoms with Gasteiger partial charge in [-0.15, -0.1) is 0 Å². The Morgan fingerprint density at radius 2 is 2.06 bits per heavy atom. The Balaban J connectivity index is 1.43. The average Bonchev–Trinajstić information content (AvgIpc) is 3.56. The van der Waals surface area contributed by atoms with E-state index in [9.17, 15) is 13.2 Å². The molecule has 1 amide bonds. The summed E-state index contributed by atoms with van der Waals surface area (Å²) in [4.78, 5) is 20.3. The number of sulfonamides is 1. The van der Waals surface area contributed by atoms with Gasteiger partial charge in [0.1, 0.15) is 11.5 Å². The number of halogens is 1. The van der Waals surface area contributed by atoms with E-state index in [0.717, 1.165) is 10.2 Å². The number of nitrogens with zero attached hydrogens (tertiary/aromatic N) is 3. The molecule has 1 unspecified atom stereocenters. The highest BCUT2D eigenvalue weighted by molar-refractivity contribution is 7.89. The Morgan fingerprint density at radius 3 is 2.78 bits per heavy atom. The first-order valence-corrected chi connectivity index (χ1v) is 14.0. The molecule has 1 aliphatic heterocycles. The zero-order valence-corrected chi connectivity index (χ0v) is 21.9. The van der Waals surface area contributed by atoms with Crippen molar-refractivity contribution < 1.29 is 22.4 Å². The SMILES string of the molecule is COc1ccc2nc(N(Cc3ccco3)C(=O)C3CCCN(S(=O)(=O)c4ccc(Cl)cc4)C3)sc2c1. The molecule has 3 heterocycles. The molecule has 11 heteroatoms. The van der Waals surface area contributed by atoms with Crippen molar-refractivity contribution in [2.75, 3.05) is 25.1 Å². The molecular weight excluding hydrogens is 522 g/mol. The Bertz CT molecular complexity index is 1470. The molecule has 1 saturated heterocycles. The maximum absolute atomic E-state index is 13.9. The lowest BCUT2D eigenvalue weighted by Crippen LogP contribution is -2.46. The quantitative estimate of drug-likeness (QED) is 0.317. The van der Waals surface area contributed by atoms with Gasteiger partial charge in [-0.2, -0.15) is 4.31 Å². The minimum absolute atomic E-state index is 0.0944. The van der Waals surface area contributed by atoms with Crippen molar-refractivity contribution >= 4 is 54.2 Å². The van der Waals surface area contributed by atoms with Crippen LogP contribution >= 0.6 is 22.9 Å². The number of hydrogen-bond acceptors (Lipinski definition) is 7. The van der Waals surface area contributed by atoms with E-state index in [4.69, 9.17) is 25.7 Å². The number of ether oxygens (including phenoxy) is 1. The number of rotatable bonds is 7. The van der Waals surface area contributed by atoms with Crippen molar-refractivity contribution in [1.82, 2.24) is 9.29 Å². The summed E-state index contributed by atoms with van der Waals surface area (Å²) in [5.74, 6) is 0.615. The number of hydrogen-bond donors (Lipinski definition) is 0. The molecule has 8 nitrogen and oxygen atoms in total. The van der Waals surface area contributed by atoms with Crippen LogP contribution in [0.25, 0.3) is 10.2 Å². The molecule has 0 bridgehead atoms. The molecule has 5 rings (SSSR count). The van der Waals surface area contributed by atoms with E-state index in [0.29, 0.717) is 41.1 Å². The number of piperidine rings is 1. The predicted molar refractivity (Wildman–Crippen MR) is 139 cm³/mol. The fourth-order valence-electron chi connectivity index (χ4n) is 4.27. The highest BCUT2D eigenvalue weighted by Crippen LogP contribution is 2.34. The smallest absolute Gasteiger partial charge is 0.243 e. The second-order valence-corrected chi connectivity index (χ2v) is 11.9. The van der Waals surface area contributed by atoms with Crippen LogP contribution in [0, 0.1) is 5.92 Å². The zero-order valence-electron chi connectivity index (χ0n) is 19.5. The third-order valence-corrected chi connectivity index (χ3v) is 9.33. The summed E-state index contributed by atoms with van der Waals surface area (Å²) in [5.41, 5.74) is 0.753. The van der Waals surface area contributed by atoms with Crippen molar-refractivity contribution in [3.63, 3.8) is 0 Å². The number of anilines is 1. The lowest BCUT2D eigenvalue weighted by atomic mass is 9.98. The number of methoxy groups -OCH3 is 1. The van der Waals surface area contributed by atoms with E-state index in [-0.39, 0.29) is 23.9 Å². The van der Waals surface area contributed by atoms with Gasteiger partial charge in [-0.1, -0.05) is 22.9 Å². The molecule has 0 N–H and O–H groups in total. The number of furan rings is 1. The Hall–Kier alpha value is -2.92. The van der Waals surface area contributed by atoms with Gasteiger partial charge in [0.05, 0.1) is 40.9 Å². The van der Waals surface area contributed by atoms with Crippen LogP contribution in [-0.4, -0.2) is 43.8 Å².